The van der Waals surface area contributed by atoms with Gasteiger partial charge in [-0.15, -0.1) is 0 Å². The first kappa shape index (κ1) is 19.5. The second-order valence-corrected chi connectivity index (χ2v) is 6.00. The van der Waals surface area contributed by atoms with E-state index >= 15 is 0 Å². The molecular formula is C17H22N2O7. The number of esters is 1. The first-order valence-corrected chi connectivity index (χ1v) is 7.93. The summed E-state index contributed by atoms with van der Waals surface area (Å²) in [5, 5.41) is 0. The van der Waals surface area contributed by atoms with Gasteiger partial charge in [0.05, 0.1) is 12.6 Å². The van der Waals surface area contributed by atoms with Gasteiger partial charge in [-0.25, -0.2) is 4.79 Å². The lowest BCUT2D eigenvalue weighted by atomic mass is 10.0. The molecule has 0 aromatic heterocycles. The number of carbonyl (C=O) groups is 3. The van der Waals surface area contributed by atoms with Crippen molar-refractivity contribution in [3.8, 4) is 11.5 Å². The molecule has 0 aliphatic carbocycles. The summed E-state index contributed by atoms with van der Waals surface area (Å²) in [6, 6.07) is 4.04. The third kappa shape index (κ3) is 4.85. The summed E-state index contributed by atoms with van der Waals surface area (Å²) in [5.74, 6) is 0.255. The Labute approximate surface area is 151 Å². The van der Waals surface area contributed by atoms with Crippen molar-refractivity contribution in [3.05, 3.63) is 23.8 Å². The SMILES string of the molecule is CC(C(=O)c1ccc2c(c1)OCO2)N(C)C(=O)OCOC(=O)CN(C)C. The summed E-state index contributed by atoms with van der Waals surface area (Å²) < 4.78 is 20.1. The van der Waals surface area contributed by atoms with E-state index in [1.807, 2.05) is 0 Å². The Kier molecular flexibility index (Phi) is 6.40. The molecule has 142 valence electrons. The van der Waals surface area contributed by atoms with Gasteiger partial charge >= 0.3 is 12.1 Å². The Balaban J connectivity index is 1.87. The number of amides is 1. The van der Waals surface area contributed by atoms with Gasteiger partial charge in [0, 0.05) is 12.6 Å². The van der Waals surface area contributed by atoms with Crippen molar-refractivity contribution >= 4 is 17.8 Å². The fourth-order valence-electron chi connectivity index (χ4n) is 2.18. The molecule has 26 heavy (non-hydrogen) atoms. The Morgan fingerprint density at radius 3 is 2.50 bits per heavy atom. The average Bonchev–Trinajstić information content (AvgIpc) is 3.06. The zero-order valence-corrected chi connectivity index (χ0v) is 15.2. The van der Waals surface area contributed by atoms with Crippen LogP contribution in [-0.4, -0.2) is 75.0 Å². The Bertz CT molecular complexity index is 690. The summed E-state index contributed by atoms with van der Waals surface area (Å²) in [5.41, 5.74) is 0.388. The van der Waals surface area contributed by atoms with Crippen LogP contribution in [0.4, 0.5) is 4.79 Å². The molecule has 1 unspecified atom stereocenters. The van der Waals surface area contributed by atoms with E-state index in [1.54, 1.807) is 44.1 Å². The zero-order valence-electron chi connectivity index (χ0n) is 15.2. The van der Waals surface area contributed by atoms with Gasteiger partial charge in [0.25, 0.3) is 0 Å². The van der Waals surface area contributed by atoms with Crippen LogP contribution in [0.15, 0.2) is 18.2 Å². The van der Waals surface area contributed by atoms with E-state index in [1.165, 1.54) is 7.05 Å². The highest BCUT2D eigenvalue weighted by Gasteiger charge is 2.26. The van der Waals surface area contributed by atoms with Crippen LogP contribution in [-0.2, 0) is 14.3 Å². The van der Waals surface area contributed by atoms with Crippen LogP contribution in [0.3, 0.4) is 0 Å². The van der Waals surface area contributed by atoms with Gasteiger partial charge in [0.1, 0.15) is 0 Å². The molecule has 9 heteroatoms. The van der Waals surface area contributed by atoms with Crippen molar-refractivity contribution in [3.63, 3.8) is 0 Å². The van der Waals surface area contributed by atoms with Gasteiger partial charge in [0.2, 0.25) is 13.6 Å². The molecule has 1 amide bonds. The van der Waals surface area contributed by atoms with Crippen molar-refractivity contribution in [1.82, 2.24) is 9.80 Å². The number of fused-ring (bicyclic) bond motifs is 1. The molecule has 0 saturated carbocycles. The Hall–Kier alpha value is -2.81. The van der Waals surface area contributed by atoms with Gasteiger partial charge < -0.3 is 23.8 Å². The first-order chi connectivity index (χ1) is 12.3. The van der Waals surface area contributed by atoms with E-state index < -0.39 is 24.9 Å². The van der Waals surface area contributed by atoms with E-state index in [2.05, 4.69) is 0 Å². The molecule has 0 N–H and O–H groups in total. The number of hydrogen-bond donors (Lipinski definition) is 0. The molecule has 0 spiro atoms. The van der Waals surface area contributed by atoms with Gasteiger partial charge in [-0.1, -0.05) is 0 Å². The highest BCUT2D eigenvalue weighted by atomic mass is 16.7. The maximum Gasteiger partial charge on any atom is 0.413 e. The zero-order chi connectivity index (χ0) is 19.3. The van der Waals surface area contributed by atoms with Gasteiger partial charge in [-0.3, -0.25) is 14.5 Å². The van der Waals surface area contributed by atoms with E-state index in [9.17, 15) is 14.4 Å². The maximum atomic E-state index is 12.6. The summed E-state index contributed by atoms with van der Waals surface area (Å²) in [6.07, 6.45) is -0.774. The number of ether oxygens (including phenoxy) is 4. The van der Waals surface area contributed by atoms with Crippen LogP contribution in [0.5, 0.6) is 11.5 Å². The summed E-state index contributed by atoms with van der Waals surface area (Å²) in [4.78, 5) is 38.7. The lowest BCUT2D eigenvalue weighted by Crippen LogP contribution is -2.41. The largest absolute Gasteiger partial charge is 0.454 e. The number of likely N-dealkylation sites (N-methyl/N-ethyl adjacent to an activating group) is 2. The van der Waals surface area contributed by atoms with Crippen LogP contribution in [0.25, 0.3) is 0 Å². The molecular weight excluding hydrogens is 344 g/mol. The molecule has 1 aliphatic rings. The maximum absolute atomic E-state index is 12.6. The second-order valence-electron chi connectivity index (χ2n) is 6.00. The fourth-order valence-corrected chi connectivity index (χ4v) is 2.18. The summed E-state index contributed by atoms with van der Waals surface area (Å²) in [6.45, 7) is 1.25. The normalized spacial score (nSPS) is 13.3. The Morgan fingerprint density at radius 1 is 1.12 bits per heavy atom. The minimum atomic E-state index is -0.777. The molecule has 0 saturated heterocycles. The second kappa shape index (κ2) is 8.52. The van der Waals surface area contributed by atoms with Crippen LogP contribution >= 0.6 is 0 Å². The van der Waals surface area contributed by atoms with Crippen molar-refractivity contribution in [1.29, 1.82) is 0 Å². The van der Waals surface area contributed by atoms with Gasteiger partial charge in [-0.2, -0.15) is 0 Å². The molecule has 1 aromatic carbocycles. The van der Waals surface area contributed by atoms with Crippen molar-refractivity contribution in [2.24, 2.45) is 0 Å². The topological polar surface area (TPSA) is 94.6 Å². The van der Waals surface area contributed by atoms with Crippen LogP contribution in [0.2, 0.25) is 0 Å². The number of ketones is 1. The average molecular weight is 366 g/mol. The molecule has 0 radical (unpaired) electrons. The number of hydrogen-bond acceptors (Lipinski definition) is 8. The molecule has 0 bridgehead atoms. The fraction of sp³-hybridized carbons (Fsp3) is 0.471. The van der Waals surface area contributed by atoms with E-state index in [-0.39, 0.29) is 19.1 Å². The molecule has 0 fully saturated rings. The van der Waals surface area contributed by atoms with E-state index in [4.69, 9.17) is 18.9 Å². The molecule has 1 atom stereocenters. The van der Waals surface area contributed by atoms with E-state index in [0.29, 0.717) is 17.1 Å². The third-order valence-electron chi connectivity index (χ3n) is 3.75. The van der Waals surface area contributed by atoms with E-state index in [0.717, 1.165) is 4.90 Å². The minimum Gasteiger partial charge on any atom is -0.454 e. The summed E-state index contributed by atoms with van der Waals surface area (Å²) >= 11 is 0. The summed E-state index contributed by atoms with van der Waals surface area (Å²) in [7, 11) is 4.86. The highest BCUT2D eigenvalue weighted by molar-refractivity contribution is 6.01. The van der Waals surface area contributed by atoms with Gasteiger partial charge in [-0.05, 0) is 39.2 Å². The van der Waals surface area contributed by atoms with Gasteiger partial charge in [0.15, 0.2) is 17.3 Å². The standard InChI is InChI=1S/C17H22N2O7/c1-11(16(21)12-5-6-13-14(7-12)24-9-23-13)19(4)17(22)26-10-25-15(20)8-18(2)3/h5-7,11H,8-10H2,1-4H3. The number of carbonyl (C=O) groups excluding carboxylic acids is 3. The first-order valence-electron chi connectivity index (χ1n) is 7.93. The molecule has 1 aliphatic heterocycles. The lowest BCUT2D eigenvalue weighted by molar-refractivity contribution is -0.153. The highest BCUT2D eigenvalue weighted by Crippen LogP contribution is 2.32. The van der Waals surface area contributed by atoms with Crippen LogP contribution in [0.1, 0.15) is 17.3 Å². The van der Waals surface area contributed by atoms with Crippen molar-refractivity contribution in [2.75, 3.05) is 41.3 Å². The number of rotatable bonds is 7. The molecule has 1 heterocycles. The number of benzene rings is 1. The smallest absolute Gasteiger partial charge is 0.413 e. The predicted molar refractivity (Wildman–Crippen MR) is 90.1 cm³/mol. The quantitative estimate of drug-likeness (QED) is 0.402. The Morgan fingerprint density at radius 2 is 1.81 bits per heavy atom. The van der Waals surface area contributed by atoms with Crippen LogP contribution in [0, 0.1) is 0 Å². The monoisotopic (exact) mass is 366 g/mol. The van der Waals surface area contributed by atoms with Crippen molar-refractivity contribution in [2.45, 2.75) is 13.0 Å². The van der Waals surface area contributed by atoms with Crippen LogP contribution < -0.4 is 9.47 Å². The van der Waals surface area contributed by atoms with Crippen molar-refractivity contribution < 1.29 is 33.3 Å². The lowest BCUT2D eigenvalue weighted by Gasteiger charge is -2.23. The predicted octanol–water partition coefficient (Wildman–Crippen LogP) is 1.12. The molecule has 1 aromatic rings. The molecule has 9 nitrogen and oxygen atoms in total. The third-order valence-corrected chi connectivity index (χ3v) is 3.75. The molecule has 2 rings (SSSR count). The minimum absolute atomic E-state index is 0.0758. The number of Topliss-reactive ketones (excluding diaryl/α,β-unsaturated/α-hetero) is 1. The number of nitrogens with zero attached hydrogens (tertiary/aromatic N) is 2.